The number of allylic oxidation sites excluding steroid dienone is 1. The molecule has 0 aromatic heterocycles. The second-order valence-corrected chi connectivity index (χ2v) is 11.6. The third-order valence-corrected chi connectivity index (χ3v) is 7.50. The van der Waals surface area contributed by atoms with Crippen LogP contribution in [-0.4, -0.2) is 46.9 Å². The minimum absolute atomic E-state index is 0.0554. The van der Waals surface area contributed by atoms with Gasteiger partial charge in [0.05, 0.1) is 11.7 Å². The van der Waals surface area contributed by atoms with Crippen LogP contribution in [-0.2, 0) is 9.59 Å². The maximum absolute atomic E-state index is 15.0. The van der Waals surface area contributed by atoms with Gasteiger partial charge in [0.15, 0.2) is 5.78 Å². The lowest BCUT2D eigenvalue weighted by Gasteiger charge is -2.35. The summed E-state index contributed by atoms with van der Waals surface area (Å²) in [6.07, 6.45) is -0.688. The highest BCUT2D eigenvalue weighted by Crippen LogP contribution is 2.52. The smallest absolute Gasteiger partial charge is 0.425 e. The number of benzene rings is 1. The Morgan fingerprint density at radius 3 is 2.27 bits per heavy atom. The lowest BCUT2D eigenvalue weighted by atomic mass is 9.72. The van der Waals surface area contributed by atoms with Crippen LogP contribution in [0.25, 0.3) is 0 Å². The number of alkyl halides is 3. The molecule has 1 saturated carbocycles. The zero-order valence-electron chi connectivity index (χ0n) is 21.8. The minimum Gasteiger partial charge on any atom is -0.491 e. The minimum atomic E-state index is -5.21. The molecule has 0 bridgehead atoms. The molecule has 37 heavy (non-hydrogen) atoms. The summed E-state index contributed by atoms with van der Waals surface area (Å²) in [5, 5.41) is 2.01. The molecule has 4 rings (SSSR count). The number of halogens is 3. The predicted molar refractivity (Wildman–Crippen MR) is 132 cm³/mol. The number of nitrogens with one attached hydrogen (secondary N) is 1. The van der Waals surface area contributed by atoms with E-state index < -0.39 is 40.3 Å². The number of carbonyl (C=O) groups is 3. The van der Waals surface area contributed by atoms with Crippen molar-refractivity contribution in [2.45, 2.75) is 90.5 Å². The van der Waals surface area contributed by atoms with Crippen LogP contribution in [0, 0.1) is 11.3 Å². The fraction of sp³-hybridized carbons (Fsp3) is 0.607. The Hall–Kier alpha value is -2.84. The highest BCUT2D eigenvalue weighted by molar-refractivity contribution is 6.14. The highest BCUT2D eigenvalue weighted by Gasteiger charge is 2.71. The molecule has 0 spiro atoms. The summed E-state index contributed by atoms with van der Waals surface area (Å²) in [6, 6.07) is 5.66. The molecule has 1 aromatic carbocycles. The van der Waals surface area contributed by atoms with E-state index in [2.05, 4.69) is 0 Å². The van der Waals surface area contributed by atoms with Gasteiger partial charge in [-0.25, -0.2) is 0 Å². The van der Waals surface area contributed by atoms with Gasteiger partial charge in [-0.3, -0.25) is 14.4 Å². The summed E-state index contributed by atoms with van der Waals surface area (Å²) in [6.45, 7) is 7.39. The molecule has 1 atom stereocenters. The van der Waals surface area contributed by atoms with E-state index in [0.717, 1.165) is 37.0 Å². The van der Waals surface area contributed by atoms with E-state index in [1.165, 1.54) is 24.3 Å². The van der Waals surface area contributed by atoms with Gasteiger partial charge in [0.25, 0.3) is 11.8 Å². The molecule has 202 valence electrons. The molecule has 1 fully saturated rings. The van der Waals surface area contributed by atoms with E-state index in [4.69, 9.17) is 4.74 Å². The number of Topliss-reactive ketones (excluding diaryl/α,β-unsaturated/α-hetero) is 1. The van der Waals surface area contributed by atoms with Crippen LogP contribution in [0.2, 0.25) is 0 Å². The maximum Gasteiger partial charge on any atom is 0.425 e. The number of carbonyl (C=O) groups excluding carboxylic acids is 3. The van der Waals surface area contributed by atoms with Crippen LogP contribution >= 0.6 is 0 Å². The summed E-state index contributed by atoms with van der Waals surface area (Å²) in [5.41, 5.74) is -4.58. The molecule has 2 aliphatic carbocycles. The van der Waals surface area contributed by atoms with Crippen LogP contribution < -0.4 is 10.1 Å². The SMILES string of the molecule is CC(C)Oc1ccc(C(=O)N[C@]2(C(F)(F)F)C(=O)N(CC3CCCCC3)C3=C2C(=O)CC(C)(C)C3)cc1. The molecule has 6 nitrogen and oxygen atoms in total. The zero-order valence-corrected chi connectivity index (χ0v) is 21.8. The Bertz CT molecular complexity index is 1100. The molecule has 0 unspecified atom stereocenters. The van der Waals surface area contributed by atoms with Crippen LogP contribution in [0.3, 0.4) is 0 Å². The first-order chi connectivity index (χ1) is 17.2. The number of nitrogens with zero attached hydrogens (tertiary/aromatic N) is 1. The first-order valence-corrected chi connectivity index (χ1v) is 13.0. The summed E-state index contributed by atoms with van der Waals surface area (Å²) < 4.78 is 50.4. The number of hydrogen-bond acceptors (Lipinski definition) is 4. The standard InChI is InChI=1S/C28H35F3N2O4/c1-17(2)37-20-12-10-19(11-13-20)24(35)32-27(28(29,30)31)23-21(14-26(3,4)15-22(23)34)33(25(27)36)16-18-8-6-5-7-9-18/h10-13,17-18H,5-9,14-16H2,1-4H3,(H,32,35)/t27-/m0/s1. The van der Waals surface area contributed by atoms with Gasteiger partial charge in [-0.05, 0) is 68.7 Å². The van der Waals surface area contributed by atoms with Gasteiger partial charge in [-0.2, -0.15) is 13.2 Å². The van der Waals surface area contributed by atoms with Crippen molar-refractivity contribution in [1.82, 2.24) is 10.2 Å². The largest absolute Gasteiger partial charge is 0.491 e. The number of ketones is 1. The molecule has 1 N–H and O–H groups in total. The number of amides is 2. The predicted octanol–water partition coefficient (Wildman–Crippen LogP) is 5.57. The van der Waals surface area contributed by atoms with E-state index in [-0.39, 0.29) is 42.7 Å². The second-order valence-electron chi connectivity index (χ2n) is 11.6. The average molecular weight is 521 g/mol. The van der Waals surface area contributed by atoms with Crippen molar-refractivity contribution in [3.63, 3.8) is 0 Å². The van der Waals surface area contributed by atoms with E-state index in [1.54, 1.807) is 0 Å². The molecular formula is C28H35F3N2O4. The van der Waals surface area contributed by atoms with Crippen molar-refractivity contribution >= 4 is 17.6 Å². The van der Waals surface area contributed by atoms with Gasteiger partial charge >= 0.3 is 6.18 Å². The Balaban J connectivity index is 1.75. The number of ether oxygens (including phenoxy) is 1. The maximum atomic E-state index is 15.0. The quantitative estimate of drug-likeness (QED) is 0.532. The summed E-state index contributed by atoms with van der Waals surface area (Å²) in [5.74, 6) is -2.59. The van der Waals surface area contributed by atoms with Gasteiger partial charge in [-0.15, -0.1) is 0 Å². The number of hydrogen-bond donors (Lipinski definition) is 1. The molecule has 0 saturated heterocycles. The number of rotatable bonds is 6. The van der Waals surface area contributed by atoms with Gasteiger partial charge in [0, 0.05) is 24.2 Å². The first-order valence-electron chi connectivity index (χ1n) is 13.0. The third-order valence-electron chi connectivity index (χ3n) is 7.50. The Labute approximate surface area is 215 Å². The molecule has 1 aromatic rings. The van der Waals surface area contributed by atoms with Crippen molar-refractivity contribution in [3.05, 3.63) is 41.1 Å². The first kappa shape index (κ1) is 27.2. The third kappa shape index (κ3) is 5.14. The van der Waals surface area contributed by atoms with E-state index in [0.29, 0.717) is 5.75 Å². The van der Waals surface area contributed by atoms with Gasteiger partial charge < -0.3 is 15.0 Å². The van der Waals surface area contributed by atoms with E-state index >= 15 is 0 Å². The highest BCUT2D eigenvalue weighted by atomic mass is 19.4. The van der Waals surface area contributed by atoms with Crippen molar-refractivity contribution in [2.24, 2.45) is 11.3 Å². The summed E-state index contributed by atoms with van der Waals surface area (Å²) in [4.78, 5) is 41.4. The molecule has 3 aliphatic rings. The van der Waals surface area contributed by atoms with Crippen LogP contribution in [0.1, 0.15) is 83.0 Å². The van der Waals surface area contributed by atoms with Crippen molar-refractivity contribution in [1.29, 1.82) is 0 Å². The fourth-order valence-electron chi connectivity index (χ4n) is 5.85. The molecule has 0 radical (unpaired) electrons. The lowest BCUT2D eigenvalue weighted by molar-refractivity contribution is -0.190. The average Bonchev–Trinajstić information content (AvgIpc) is 3.02. The Morgan fingerprint density at radius 1 is 1.08 bits per heavy atom. The molecule has 1 heterocycles. The van der Waals surface area contributed by atoms with Gasteiger partial charge in [-0.1, -0.05) is 33.1 Å². The Morgan fingerprint density at radius 2 is 1.70 bits per heavy atom. The van der Waals surface area contributed by atoms with Crippen LogP contribution in [0.5, 0.6) is 5.75 Å². The normalized spacial score (nSPS) is 24.5. The van der Waals surface area contributed by atoms with Crippen molar-refractivity contribution in [2.75, 3.05) is 6.54 Å². The van der Waals surface area contributed by atoms with Gasteiger partial charge in [0.1, 0.15) is 5.75 Å². The summed E-state index contributed by atoms with van der Waals surface area (Å²) >= 11 is 0. The Kier molecular flexibility index (Phi) is 7.20. The zero-order chi connectivity index (χ0) is 27.2. The van der Waals surface area contributed by atoms with Crippen molar-refractivity contribution < 1.29 is 32.3 Å². The monoisotopic (exact) mass is 520 g/mol. The van der Waals surface area contributed by atoms with Crippen molar-refractivity contribution in [3.8, 4) is 5.75 Å². The topological polar surface area (TPSA) is 75.7 Å². The lowest BCUT2D eigenvalue weighted by Crippen LogP contribution is -2.66. The molecule has 1 aliphatic heterocycles. The van der Waals surface area contributed by atoms with Gasteiger partial charge in [0.2, 0.25) is 5.54 Å². The van der Waals surface area contributed by atoms with E-state index in [1.807, 2.05) is 33.0 Å². The fourth-order valence-corrected chi connectivity index (χ4v) is 5.85. The van der Waals surface area contributed by atoms with Crippen LogP contribution in [0.4, 0.5) is 13.2 Å². The van der Waals surface area contributed by atoms with Crippen LogP contribution in [0.15, 0.2) is 35.5 Å². The molecule has 2 amide bonds. The summed E-state index contributed by atoms with van der Waals surface area (Å²) in [7, 11) is 0. The molecule has 9 heteroatoms. The second kappa shape index (κ2) is 9.80. The molecular weight excluding hydrogens is 485 g/mol. The van der Waals surface area contributed by atoms with E-state index in [9.17, 15) is 27.6 Å².